The normalized spacial score (nSPS) is 44.8. The lowest BCUT2D eigenvalue weighted by atomic mass is 9.53. The van der Waals surface area contributed by atoms with E-state index in [0.717, 1.165) is 23.4 Å². The molecule has 3 fully saturated rings. The highest BCUT2D eigenvalue weighted by Crippen LogP contribution is 2.56. The summed E-state index contributed by atoms with van der Waals surface area (Å²) in [5.41, 5.74) is 0.794. The molecule has 0 radical (unpaired) electrons. The predicted molar refractivity (Wildman–Crippen MR) is 59.2 cm³/mol. The number of hydrogen-bond acceptors (Lipinski definition) is 1. The first kappa shape index (κ1) is 9.21. The SMILES string of the molecule is CC1CCCC1NC1CCC12CCC2. The Labute approximate surface area is 87.7 Å². The van der Waals surface area contributed by atoms with Gasteiger partial charge in [-0.05, 0) is 49.9 Å². The van der Waals surface area contributed by atoms with Gasteiger partial charge in [0.1, 0.15) is 0 Å². The lowest BCUT2D eigenvalue weighted by molar-refractivity contribution is -0.0244. The van der Waals surface area contributed by atoms with Crippen molar-refractivity contribution in [2.24, 2.45) is 11.3 Å². The minimum Gasteiger partial charge on any atom is -0.310 e. The second kappa shape index (κ2) is 3.23. The molecule has 1 N–H and O–H groups in total. The minimum absolute atomic E-state index is 0.794. The molecular weight excluding hydrogens is 170 g/mol. The van der Waals surface area contributed by atoms with Crippen molar-refractivity contribution in [3.05, 3.63) is 0 Å². The number of rotatable bonds is 2. The number of nitrogens with one attached hydrogen (secondary N) is 1. The van der Waals surface area contributed by atoms with Gasteiger partial charge in [0.25, 0.3) is 0 Å². The average Bonchev–Trinajstić information content (AvgIpc) is 2.42. The zero-order valence-corrected chi connectivity index (χ0v) is 9.39. The van der Waals surface area contributed by atoms with E-state index >= 15 is 0 Å². The standard InChI is InChI=1S/C13H23N/c1-10-4-2-5-11(10)14-12-6-9-13(12)7-3-8-13/h10-12,14H,2-9H2,1H3. The number of hydrogen-bond donors (Lipinski definition) is 1. The Morgan fingerprint density at radius 3 is 2.29 bits per heavy atom. The van der Waals surface area contributed by atoms with E-state index in [1.165, 1.54) is 51.4 Å². The largest absolute Gasteiger partial charge is 0.310 e. The molecule has 1 heteroatoms. The molecule has 14 heavy (non-hydrogen) atoms. The summed E-state index contributed by atoms with van der Waals surface area (Å²) < 4.78 is 0. The summed E-state index contributed by atoms with van der Waals surface area (Å²) in [4.78, 5) is 0. The van der Waals surface area contributed by atoms with E-state index in [1.54, 1.807) is 0 Å². The summed E-state index contributed by atoms with van der Waals surface area (Å²) in [6.07, 6.45) is 11.9. The molecule has 0 bridgehead atoms. The van der Waals surface area contributed by atoms with Gasteiger partial charge in [0.2, 0.25) is 0 Å². The van der Waals surface area contributed by atoms with Crippen molar-refractivity contribution in [3.63, 3.8) is 0 Å². The van der Waals surface area contributed by atoms with Crippen molar-refractivity contribution in [2.75, 3.05) is 0 Å². The summed E-state index contributed by atoms with van der Waals surface area (Å²) in [7, 11) is 0. The second-order valence-electron chi connectivity index (χ2n) is 5.99. The van der Waals surface area contributed by atoms with Crippen LogP contribution in [0.15, 0.2) is 0 Å². The molecule has 0 amide bonds. The maximum Gasteiger partial charge on any atom is 0.0126 e. The molecule has 3 atom stereocenters. The van der Waals surface area contributed by atoms with Crippen LogP contribution in [0, 0.1) is 11.3 Å². The highest BCUT2D eigenvalue weighted by Gasteiger charge is 2.51. The summed E-state index contributed by atoms with van der Waals surface area (Å²) in [6.45, 7) is 2.43. The summed E-state index contributed by atoms with van der Waals surface area (Å²) in [5, 5.41) is 3.96. The van der Waals surface area contributed by atoms with Gasteiger partial charge in [0.15, 0.2) is 0 Å². The van der Waals surface area contributed by atoms with Gasteiger partial charge in [-0.3, -0.25) is 0 Å². The third kappa shape index (κ3) is 1.25. The van der Waals surface area contributed by atoms with Crippen LogP contribution in [-0.4, -0.2) is 12.1 Å². The molecule has 0 aromatic heterocycles. The quantitative estimate of drug-likeness (QED) is 0.710. The fourth-order valence-corrected chi connectivity index (χ4v) is 3.84. The van der Waals surface area contributed by atoms with Crippen molar-refractivity contribution >= 4 is 0 Å². The fraction of sp³-hybridized carbons (Fsp3) is 1.00. The predicted octanol–water partition coefficient (Wildman–Crippen LogP) is 3.10. The van der Waals surface area contributed by atoms with Gasteiger partial charge >= 0.3 is 0 Å². The molecule has 80 valence electrons. The van der Waals surface area contributed by atoms with Crippen LogP contribution in [0.3, 0.4) is 0 Å². The summed E-state index contributed by atoms with van der Waals surface area (Å²) in [6, 6.07) is 1.76. The maximum atomic E-state index is 3.96. The summed E-state index contributed by atoms with van der Waals surface area (Å²) >= 11 is 0. The lowest BCUT2D eigenvalue weighted by Crippen LogP contribution is -2.59. The minimum atomic E-state index is 0.794. The van der Waals surface area contributed by atoms with Crippen LogP contribution in [0.1, 0.15) is 58.3 Å². The first-order valence-corrected chi connectivity index (χ1v) is 6.56. The van der Waals surface area contributed by atoms with Crippen LogP contribution in [0.25, 0.3) is 0 Å². The Kier molecular flexibility index (Phi) is 2.12. The van der Waals surface area contributed by atoms with Crippen LogP contribution in [0.5, 0.6) is 0 Å². The van der Waals surface area contributed by atoms with E-state index in [2.05, 4.69) is 12.2 Å². The molecule has 3 rings (SSSR count). The van der Waals surface area contributed by atoms with E-state index in [0.29, 0.717) is 0 Å². The third-order valence-electron chi connectivity index (χ3n) is 5.30. The van der Waals surface area contributed by atoms with E-state index in [-0.39, 0.29) is 0 Å². The molecule has 3 aliphatic rings. The summed E-state index contributed by atoms with van der Waals surface area (Å²) in [5.74, 6) is 0.938. The maximum absolute atomic E-state index is 3.96. The third-order valence-corrected chi connectivity index (χ3v) is 5.30. The van der Waals surface area contributed by atoms with Crippen molar-refractivity contribution in [2.45, 2.75) is 70.4 Å². The Morgan fingerprint density at radius 2 is 1.86 bits per heavy atom. The van der Waals surface area contributed by atoms with Crippen LogP contribution in [0.2, 0.25) is 0 Å². The molecule has 0 aromatic carbocycles. The van der Waals surface area contributed by atoms with E-state index < -0.39 is 0 Å². The smallest absolute Gasteiger partial charge is 0.0126 e. The first-order chi connectivity index (χ1) is 6.80. The van der Waals surface area contributed by atoms with Crippen LogP contribution < -0.4 is 5.32 Å². The lowest BCUT2D eigenvalue weighted by Gasteiger charge is -2.57. The zero-order valence-electron chi connectivity index (χ0n) is 9.39. The van der Waals surface area contributed by atoms with Crippen molar-refractivity contribution < 1.29 is 0 Å². The fourth-order valence-electron chi connectivity index (χ4n) is 3.84. The molecule has 1 nitrogen and oxygen atoms in total. The molecule has 0 heterocycles. The van der Waals surface area contributed by atoms with E-state index in [4.69, 9.17) is 0 Å². The molecule has 0 aromatic rings. The highest BCUT2D eigenvalue weighted by atomic mass is 15.0. The van der Waals surface area contributed by atoms with Gasteiger partial charge < -0.3 is 5.32 Å². The topological polar surface area (TPSA) is 12.0 Å². The Bertz CT molecular complexity index is 214. The molecule has 3 saturated carbocycles. The van der Waals surface area contributed by atoms with Gasteiger partial charge in [-0.2, -0.15) is 0 Å². The molecule has 0 saturated heterocycles. The van der Waals surface area contributed by atoms with E-state index in [9.17, 15) is 0 Å². The van der Waals surface area contributed by atoms with Gasteiger partial charge in [0.05, 0.1) is 0 Å². The average molecular weight is 193 g/mol. The molecule has 3 aliphatic carbocycles. The van der Waals surface area contributed by atoms with Crippen molar-refractivity contribution in [1.82, 2.24) is 5.32 Å². The van der Waals surface area contributed by atoms with Gasteiger partial charge in [-0.1, -0.05) is 19.8 Å². The Morgan fingerprint density at radius 1 is 1.00 bits per heavy atom. The van der Waals surface area contributed by atoms with Gasteiger partial charge in [0, 0.05) is 12.1 Å². The first-order valence-electron chi connectivity index (χ1n) is 6.56. The van der Waals surface area contributed by atoms with Gasteiger partial charge in [-0.25, -0.2) is 0 Å². The monoisotopic (exact) mass is 193 g/mol. The van der Waals surface area contributed by atoms with Crippen molar-refractivity contribution in [3.8, 4) is 0 Å². The molecule has 3 unspecified atom stereocenters. The molecule has 0 aliphatic heterocycles. The van der Waals surface area contributed by atoms with Crippen LogP contribution in [-0.2, 0) is 0 Å². The van der Waals surface area contributed by atoms with Crippen LogP contribution >= 0.6 is 0 Å². The van der Waals surface area contributed by atoms with Crippen molar-refractivity contribution in [1.29, 1.82) is 0 Å². The van der Waals surface area contributed by atoms with Crippen LogP contribution in [0.4, 0.5) is 0 Å². The molecular formula is C13H23N. The molecule has 1 spiro atoms. The Hall–Kier alpha value is -0.0400. The second-order valence-corrected chi connectivity index (χ2v) is 5.99. The zero-order chi connectivity index (χ0) is 9.60. The van der Waals surface area contributed by atoms with Gasteiger partial charge in [-0.15, -0.1) is 0 Å². The van der Waals surface area contributed by atoms with E-state index in [1.807, 2.05) is 0 Å². The highest BCUT2D eigenvalue weighted by molar-refractivity contribution is 5.06. The Balaban J connectivity index is 1.57.